The van der Waals surface area contributed by atoms with Gasteiger partial charge in [0.1, 0.15) is 0 Å². The topological polar surface area (TPSA) is 17.1 Å². The van der Waals surface area contributed by atoms with Crippen molar-refractivity contribution in [3.63, 3.8) is 0 Å². The van der Waals surface area contributed by atoms with E-state index in [0.29, 0.717) is 5.33 Å². The van der Waals surface area contributed by atoms with E-state index >= 15 is 0 Å². The maximum Gasteiger partial charge on any atom is 0.173 e. The van der Waals surface area contributed by atoms with Crippen molar-refractivity contribution in [1.82, 2.24) is 0 Å². The SMILES string of the molecule is O=C(CBr)c1ccc(Sc2ccc(Cl)cc2)cc1. The molecule has 0 saturated carbocycles. The molecule has 1 nitrogen and oxygen atoms in total. The number of hydrogen-bond donors (Lipinski definition) is 0. The normalized spacial score (nSPS) is 10.3. The minimum Gasteiger partial charge on any atom is -0.293 e. The van der Waals surface area contributed by atoms with E-state index in [2.05, 4.69) is 15.9 Å². The van der Waals surface area contributed by atoms with Crippen molar-refractivity contribution in [1.29, 1.82) is 0 Å². The molecule has 0 amide bonds. The van der Waals surface area contributed by atoms with Gasteiger partial charge in [0.25, 0.3) is 0 Å². The minimum absolute atomic E-state index is 0.0954. The van der Waals surface area contributed by atoms with Gasteiger partial charge in [-0.05, 0) is 36.4 Å². The molecule has 4 heteroatoms. The van der Waals surface area contributed by atoms with E-state index in [-0.39, 0.29) is 5.78 Å². The van der Waals surface area contributed by atoms with Crippen LogP contribution in [0.15, 0.2) is 58.3 Å². The Hall–Kier alpha value is -0.770. The van der Waals surface area contributed by atoms with E-state index < -0.39 is 0 Å². The Morgan fingerprint density at radius 2 is 1.50 bits per heavy atom. The van der Waals surface area contributed by atoms with Crippen molar-refractivity contribution in [2.24, 2.45) is 0 Å². The van der Waals surface area contributed by atoms with Crippen LogP contribution in [0, 0.1) is 0 Å². The molecule has 0 saturated heterocycles. The molecule has 2 aromatic carbocycles. The van der Waals surface area contributed by atoms with Crippen LogP contribution in [-0.2, 0) is 0 Å². The Bertz CT molecular complexity index is 537. The molecule has 0 radical (unpaired) electrons. The van der Waals surface area contributed by atoms with E-state index in [1.54, 1.807) is 11.8 Å². The van der Waals surface area contributed by atoms with E-state index in [1.165, 1.54) is 0 Å². The first-order valence-electron chi connectivity index (χ1n) is 5.31. The summed E-state index contributed by atoms with van der Waals surface area (Å²) in [6.45, 7) is 0. The lowest BCUT2D eigenvalue weighted by Crippen LogP contribution is -1.98. The predicted molar refractivity (Wildman–Crippen MR) is 80.1 cm³/mol. The Labute approximate surface area is 124 Å². The second kappa shape index (κ2) is 6.41. The van der Waals surface area contributed by atoms with Crippen LogP contribution < -0.4 is 0 Å². The number of carbonyl (C=O) groups is 1. The van der Waals surface area contributed by atoms with Gasteiger partial charge >= 0.3 is 0 Å². The van der Waals surface area contributed by atoms with Gasteiger partial charge in [0, 0.05) is 20.4 Å². The molecule has 0 bridgehead atoms. The fourth-order valence-corrected chi connectivity index (χ4v) is 2.69. The highest BCUT2D eigenvalue weighted by Gasteiger charge is 2.04. The average Bonchev–Trinajstić information content (AvgIpc) is 2.41. The number of alkyl halides is 1. The Balaban J connectivity index is 2.10. The monoisotopic (exact) mass is 340 g/mol. The summed E-state index contributed by atoms with van der Waals surface area (Å²) in [7, 11) is 0. The van der Waals surface area contributed by atoms with Crippen LogP contribution in [0.1, 0.15) is 10.4 Å². The quantitative estimate of drug-likeness (QED) is 0.570. The van der Waals surface area contributed by atoms with Gasteiger partial charge < -0.3 is 0 Å². The largest absolute Gasteiger partial charge is 0.293 e. The molecular formula is C14H10BrClOS. The second-order valence-electron chi connectivity index (χ2n) is 3.64. The first-order chi connectivity index (χ1) is 8.69. The fourth-order valence-electron chi connectivity index (χ4n) is 1.42. The van der Waals surface area contributed by atoms with Crippen molar-refractivity contribution in [3.8, 4) is 0 Å². The smallest absolute Gasteiger partial charge is 0.173 e. The standard InChI is InChI=1S/C14H10BrClOS/c15-9-14(17)10-1-5-12(6-2-10)18-13-7-3-11(16)4-8-13/h1-8H,9H2. The van der Waals surface area contributed by atoms with Crippen molar-refractivity contribution >= 4 is 45.1 Å². The van der Waals surface area contributed by atoms with Crippen LogP contribution in [0.3, 0.4) is 0 Å². The van der Waals surface area contributed by atoms with Crippen molar-refractivity contribution in [3.05, 3.63) is 59.1 Å². The maximum absolute atomic E-state index is 11.5. The van der Waals surface area contributed by atoms with Crippen LogP contribution in [0.5, 0.6) is 0 Å². The summed E-state index contributed by atoms with van der Waals surface area (Å²) in [5.74, 6) is 0.0954. The number of ketones is 1. The van der Waals surface area contributed by atoms with Crippen LogP contribution >= 0.6 is 39.3 Å². The molecule has 0 aliphatic rings. The van der Waals surface area contributed by atoms with E-state index in [9.17, 15) is 4.79 Å². The third-order valence-corrected chi connectivity index (χ3v) is 4.12. The summed E-state index contributed by atoms with van der Waals surface area (Å²) in [4.78, 5) is 13.7. The number of halogens is 2. The number of benzene rings is 2. The van der Waals surface area contributed by atoms with E-state index in [1.807, 2.05) is 48.5 Å². The molecule has 0 heterocycles. The molecular weight excluding hydrogens is 332 g/mol. The zero-order chi connectivity index (χ0) is 13.0. The zero-order valence-corrected chi connectivity index (χ0v) is 12.6. The molecule has 0 atom stereocenters. The summed E-state index contributed by atoms with van der Waals surface area (Å²) >= 11 is 10.6. The van der Waals surface area contributed by atoms with Crippen LogP contribution in [0.4, 0.5) is 0 Å². The number of rotatable bonds is 4. The molecule has 0 spiro atoms. The van der Waals surface area contributed by atoms with Gasteiger partial charge in [-0.15, -0.1) is 0 Å². The van der Waals surface area contributed by atoms with E-state index in [4.69, 9.17) is 11.6 Å². The van der Waals surface area contributed by atoms with Gasteiger partial charge in [-0.2, -0.15) is 0 Å². The summed E-state index contributed by atoms with van der Waals surface area (Å²) < 4.78 is 0. The molecule has 0 aliphatic carbocycles. The molecule has 92 valence electrons. The zero-order valence-electron chi connectivity index (χ0n) is 9.40. The Kier molecular flexibility index (Phi) is 4.87. The molecule has 0 N–H and O–H groups in total. The highest BCUT2D eigenvalue weighted by molar-refractivity contribution is 9.09. The first kappa shape index (κ1) is 13.7. The maximum atomic E-state index is 11.5. The predicted octanol–water partition coefficient (Wildman–Crippen LogP) is 5.07. The van der Waals surface area contributed by atoms with E-state index in [0.717, 1.165) is 20.4 Å². The lowest BCUT2D eigenvalue weighted by atomic mass is 10.2. The van der Waals surface area contributed by atoms with Gasteiger partial charge in [-0.3, -0.25) is 4.79 Å². The van der Waals surface area contributed by atoms with Gasteiger partial charge in [0.2, 0.25) is 0 Å². The van der Waals surface area contributed by atoms with Gasteiger partial charge in [0.15, 0.2) is 5.78 Å². The average molecular weight is 342 g/mol. The molecule has 0 aromatic heterocycles. The number of carbonyl (C=O) groups excluding carboxylic acids is 1. The van der Waals surface area contributed by atoms with Crippen LogP contribution in [-0.4, -0.2) is 11.1 Å². The van der Waals surface area contributed by atoms with Crippen LogP contribution in [0.25, 0.3) is 0 Å². The lowest BCUT2D eigenvalue weighted by Gasteiger charge is -2.03. The van der Waals surface area contributed by atoms with Gasteiger partial charge in [-0.25, -0.2) is 0 Å². The van der Waals surface area contributed by atoms with Crippen molar-refractivity contribution in [2.45, 2.75) is 9.79 Å². The third kappa shape index (κ3) is 3.61. The lowest BCUT2D eigenvalue weighted by molar-refractivity contribution is 0.102. The summed E-state index contributed by atoms with van der Waals surface area (Å²) in [6, 6.07) is 15.3. The molecule has 18 heavy (non-hydrogen) atoms. The molecule has 0 aliphatic heterocycles. The summed E-state index contributed by atoms with van der Waals surface area (Å²) in [5, 5.41) is 1.09. The molecule has 2 aromatic rings. The van der Waals surface area contributed by atoms with Crippen molar-refractivity contribution < 1.29 is 4.79 Å². The van der Waals surface area contributed by atoms with Gasteiger partial charge in [-0.1, -0.05) is 51.4 Å². The number of Topliss-reactive ketones (excluding diaryl/α,β-unsaturated/α-hetero) is 1. The summed E-state index contributed by atoms with van der Waals surface area (Å²) in [6.07, 6.45) is 0. The first-order valence-corrected chi connectivity index (χ1v) is 7.63. The Morgan fingerprint density at radius 3 is 2.00 bits per heavy atom. The number of hydrogen-bond acceptors (Lipinski definition) is 2. The molecule has 0 fully saturated rings. The van der Waals surface area contributed by atoms with Gasteiger partial charge in [0.05, 0.1) is 5.33 Å². The molecule has 2 rings (SSSR count). The minimum atomic E-state index is 0.0954. The molecule has 0 unspecified atom stereocenters. The highest BCUT2D eigenvalue weighted by Crippen LogP contribution is 2.28. The highest BCUT2D eigenvalue weighted by atomic mass is 79.9. The summed E-state index contributed by atoms with van der Waals surface area (Å²) in [5.41, 5.74) is 0.729. The fraction of sp³-hybridized carbons (Fsp3) is 0.0714. The Morgan fingerprint density at radius 1 is 1.00 bits per heavy atom. The van der Waals surface area contributed by atoms with Crippen LogP contribution in [0.2, 0.25) is 5.02 Å². The second-order valence-corrected chi connectivity index (χ2v) is 5.78. The van der Waals surface area contributed by atoms with Crippen molar-refractivity contribution in [2.75, 3.05) is 5.33 Å². The third-order valence-electron chi connectivity index (χ3n) is 2.35.